The van der Waals surface area contributed by atoms with Gasteiger partial charge in [0.15, 0.2) is 8.32 Å². The molecular weight excluding hydrogens is 342 g/mol. The van der Waals surface area contributed by atoms with Gasteiger partial charge in [0, 0.05) is 18.6 Å². The van der Waals surface area contributed by atoms with Crippen LogP contribution < -0.4 is 5.32 Å². The van der Waals surface area contributed by atoms with E-state index >= 15 is 0 Å². The van der Waals surface area contributed by atoms with E-state index in [4.69, 9.17) is 9.16 Å². The van der Waals surface area contributed by atoms with Crippen LogP contribution in [0.15, 0.2) is 24.3 Å². The smallest absolute Gasteiger partial charge is 0.407 e. The van der Waals surface area contributed by atoms with Crippen LogP contribution in [0.5, 0.6) is 0 Å². The van der Waals surface area contributed by atoms with Gasteiger partial charge in [-0.1, -0.05) is 45.0 Å². The number of carbonyl (C=O) groups is 1. The third-order valence-electron chi connectivity index (χ3n) is 5.51. The minimum atomic E-state index is -1.85. The van der Waals surface area contributed by atoms with Crippen molar-refractivity contribution in [3.05, 3.63) is 35.4 Å². The second-order valence-corrected chi connectivity index (χ2v) is 14.6. The molecule has 4 nitrogen and oxygen atoms in total. The number of nitrogens with one attached hydrogen (secondary N) is 1. The number of fused-ring (bicyclic) bond motifs is 1. The lowest BCUT2D eigenvalue weighted by atomic mass is 9.99. The summed E-state index contributed by atoms with van der Waals surface area (Å²) in [5.41, 5.74) is 2.08. The van der Waals surface area contributed by atoms with Crippen molar-refractivity contribution in [3.63, 3.8) is 0 Å². The standard InChI is InChI=1S/C21H35NO3Si/c1-20(2,3)25-19(23)22-18-13-15-11-9-10-12-16(15)17(18)14-24-26(7,8)21(4,5)6/h9-12,17-18H,13-14H2,1-8H3,(H,22,23)/t17-,18?/m1/s1. The average Bonchev–Trinajstić information content (AvgIpc) is 2.79. The average molecular weight is 378 g/mol. The van der Waals surface area contributed by atoms with Gasteiger partial charge in [-0.3, -0.25) is 0 Å². The summed E-state index contributed by atoms with van der Waals surface area (Å²) in [6.45, 7) is 17.6. The molecular formula is C21H35NO3Si. The molecule has 0 saturated carbocycles. The van der Waals surface area contributed by atoms with Crippen LogP contribution >= 0.6 is 0 Å². The van der Waals surface area contributed by atoms with E-state index in [1.165, 1.54) is 11.1 Å². The zero-order chi connectivity index (χ0) is 19.8. The number of amides is 1. The summed E-state index contributed by atoms with van der Waals surface area (Å²) in [5, 5.41) is 3.25. The Balaban J connectivity index is 2.14. The largest absolute Gasteiger partial charge is 0.444 e. The maximum Gasteiger partial charge on any atom is 0.407 e. The molecule has 26 heavy (non-hydrogen) atoms. The van der Waals surface area contributed by atoms with Crippen molar-refractivity contribution in [2.75, 3.05) is 6.61 Å². The lowest BCUT2D eigenvalue weighted by molar-refractivity contribution is 0.0494. The number of rotatable bonds is 4. The lowest BCUT2D eigenvalue weighted by Crippen LogP contribution is -2.45. The Hall–Kier alpha value is -1.33. The second-order valence-electron chi connectivity index (χ2n) is 9.83. The Morgan fingerprint density at radius 1 is 1.15 bits per heavy atom. The van der Waals surface area contributed by atoms with Gasteiger partial charge in [-0.2, -0.15) is 0 Å². The molecule has 0 spiro atoms. The number of alkyl carbamates (subject to hydrolysis) is 1. The first-order valence-electron chi connectivity index (χ1n) is 9.51. The number of hydrogen-bond acceptors (Lipinski definition) is 3. The molecule has 146 valence electrons. The van der Waals surface area contributed by atoms with Crippen molar-refractivity contribution >= 4 is 14.4 Å². The van der Waals surface area contributed by atoms with Gasteiger partial charge in [0.25, 0.3) is 0 Å². The van der Waals surface area contributed by atoms with Gasteiger partial charge in [0.2, 0.25) is 0 Å². The van der Waals surface area contributed by atoms with Gasteiger partial charge in [-0.15, -0.1) is 0 Å². The van der Waals surface area contributed by atoms with Crippen molar-refractivity contribution in [1.82, 2.24) is 5.32 Å². The van der Waals surface area contributed by atoms with Crippen molar-refractivity contribution < 1.29 is 14.0 Å². The molecule has 0 bridgehead atoms. The van der Waals surface area contributed by atoms with Crippen LogP contribution in [0, 0.1) is 0 Å². The Labute approximate surface area is 159 Å². The summed E-state index contributed by atoms with van der Waals surface area (Å²) in [4.78, 5) is 12.3. The Kier molecular flexibility index (Phi) is 5.93. The molecule has 2 atom stereocenters. The topological polar surface area (TPSA) is 47.6 Å². The van der Waals surface area contributed by atoms with E-state index in [9.17, 15) is 4.79 Å². The number of benzene rings is 1. The van der Waals surface area contributed by atoms with Crippen LogP contribution in [0.25, 0.3) is 0 Å². The van der Waals surface area contributed by atoms with Gasteiger partial charge in [-0.25, -0.2) is 4.79 Å². The van der Waals surface area contributed by atoms with Gasteiger partial charge in [-0.05, 0) is 56.5 Å². The van der Waals surface area contributed by atoms with E-state index in [0.29, 0.717) is 6.61 Å². The Bertz CT molecular complexity index is 643. The van der Waals surface area contributed by atoms with Gasteiger partial charge in [0.05, 0.1) is 0 Å². The molecule has 1 aromatic carbocycles. The van der Waals surface area contributed by atoms with Crippen LogP contribution in [0.3, 0.4) is 0 Å². The molecule has 0 heterocycles. The number of ether oxygens (including phenoxy) is 1. The third kappa shape index (κ3) is 5.10. The summed E-state index contributed by atoms with van der Waals surface area (Å²) in [6.07, 6.45) is 0.466. The van der Waals surface area contributed by atoms with E-state index in [1.54, 1.807) is 0 Å². The number of carbonyl (C=O) groups excluding carboxylic acids is 1. The quantitative estimate of drug-likeness (QED) is 0.730. The molecule has 1 N–H and O–H groups in total. The normalized spacial score (nSPS) is 20.6. The SMILES string of the molecule is CC(C)(C)OC(=O)NC1Cc2ccccc2[C@H]1CO[Si](C)(C)C(C)(C)C. The fourth-order valence-electron chi connectivity index (χ4n) is 3.01. The summed E-state index contributed by atoms with van der Waals surface area (Å²) in [6, 6.07) is 8.43. The molecule has 0 saturated heterocycles. The molecule has 1 aliphatic rings. The minimum Gasteiger partial charge on any atom is -0.444 e. The predicted molar refractivity (Wildman–Crippen MR) is 109 cm³/mol. The van der Waals surface area contributed by atoms with Crippen molar-refractivity contribution in [2.45, 2.75) is 83.7 Å². The fourth-order valence-corrected chi connectivity index (χ4v) is 4.04. The first-order valence-corrected chi connectivity index (χ1v) is 12.4. The summed E-state index contributed by atoms with van der Waals surface area (Å²) in [5.74, 6) is 0.160. The van der Waals surface area contributed by atoms with Crippen LogP contribution in [0.1, 0.15) is 58.6 Å². The highest BCUT2D eigenvalue weighted by Gasteiger charge is 2.40. The van der Waals surface area contributed by atoms with Crippen molar-refractivity contribution in [3.8, 4) is 0 Å². The number of hydrogen-bond donors (Lipinski definition) is 1. The van der Waals surface area contributed by atoms with Crippen molar-refractivity contribution in [1.29, 1.82) is 0 Å². The molecule has 1 aliphatic carbocycles. The van der Waals surface area contributed by atoms with Gasteiger partial charge in [0.1, 0.15) is 5.60 Å². The minimum absolute atomic E-state index is 0.00650. The van der Waals surface area contributed by atoms with E-state index in [-0.39, 0.29) is 23.1 Å². The third-order valence-corrected chi connectivity index (χ3v) is 10.0. The van der Waals surface area contributed by atoms with Crippen LogP contribution in [-0.2, 0) is 15.6 Å². The highest BCUT2D eigenvalue weighted by molar-refractivity contribution is 6.74. The van der Waals surface area contributed by atoms with Crippen LogP contribution in [-0.4, -0.2) is 32.7 Å². The Morgan fingerprint density at radius 3 is 2.35 bits per heavy atom. The van der Waals surface area contributed by atoms with E-state index in [0.717, 1.165) is 6.42 Å². The maximum absolute atomic E-state index is 12.3. The first kappa shape index (κ1) is 21.0. The highest BCUT2D eigenvalue weighted by atomic mass is 28.4. The molecule has 1 amide bonds. The monoisotopic (exact) mass is 377 g/mol. The maximum atomic E-state index is 12.3. The summed E-state index contributed by atoms with van der Waals surface area (Å²) < 4.78 is 12.0. The second kappa shape index (κ2) is 7.35. The zero-order valence-corrected chi connectivity index (χ0v) is 18.6. The first-order chi connectivity index (χ1) is 11.8. The lowest BCUT2D eigenvalue weighted by Gasteiger charge is -2.37. The molecule has 0 aliphatic heterocycles. The molecule has 1 aromatic rings. The molecule has 1 unspecified atom stereocenters. The highest BCUT2D eigenvalue weighted by Crippen LogP contribution is 2.39. The molecule has 2 rings (SSSR count). The van der Waals surface area contributed by atoms with Gasteiger partial charge >= 0.3 is 6.09 Å². The zero-order valence-electron chi connectivity index (χ0n) is 17.6. The fraction of sp³-hybridized carbons (Fsp3) is 0.667. The molecule has 0 aromatic heterocycles. The van der Waals surface area contributed by atoms with Gasteiger partial charge < -0.3 is 14.5 Å². The van der Waals surface area contributed by atoms with Crippen LogP contribution in [0.2, 0.25) is 18.1 Å². The summed E-state index contributed by atoms with van der Waals surface area (Å²) >= 11 is 0. The Morgan fingerprint density at radius 2 is 1.77 bits per heavy atom. The van der Waals surface area contributed by atoms with Crippen molar-refractivity contribution in [2.24, 2.45) is 0 Å². The molecule has 5 heteroatoms. The predicted octanol–water partition coefficient (Wildman–Crippen LogP) is 5.24. The molecule has 0 radical (unpaired) electrons. The van der Waals surface area contributed by atoms with E-state index < -0.39 is 13.9 Å². The van der Waals surface area contributed by atoms with E-state index in [2.05, 4.69) is 63.4 Å². The van der Waals surface area contributed by atoms with Crippen LogP contribution in [0.4, 0.5) is 4.79 Å². The summed E-state index contributed by atoms with van der Waals surface area (Å²) in [7, 11) is -1.85. The van der Waals surface area contributed by atoms with E-state index in [1.807, 2.05) is 20.8 Å². The molecule has 0 fully saturated rings.